The molecule has 0 aromatic rings. The van der Waals surface area contributed by atoms with Crippen LogP contribution in [0.3, 0.4) is 0 Å². The van der Waals surface area contributed by atoms with Crippen LogP contribution in [0.25, 0.3) is 0 Å². The van der Waals surface area contributed by atoms with Crippen LogP contribution in [0.2, 0.25) is 0 Å². The number of ether oxygens (including phenoxy) is 17. The van der Waals surface area contributed by atoms with Crippen molar-refractivity contribution in [1.29, 1.82) is 0 Å². The van der Waals surface area contributed by atoms with Crippen LogP contribution < -0.4 is 29.6 Å². The molecule has 4 heterocycles. The van der Waals surface area contributed by atoms with E-state index in [-0.39, 0.29) is 145 Å². The minimum Gasteiger partial charge on any atom is -1.00 e. The van der Waals surface area contributed by atoms with E-state index in [2.05, 4.69) is 4.74 Å². The molecule has 0 bridgehead atoms. The Morgan fingerprint density at radius 1 is 0.394 bits per heavy atom. The summed E-state index contributed by atoms with van der Waals surface area (Å²) in [5.74, 6) is -7.40. The van der Waals surface area contributed by atoms with Gasteiger partial charge in [-0.3, -0.25) is 66.9 Å². The minimum atomic E-state index is -3.28. The van der Waals surface area contributed by atoms with Crippen molar-refractivity contribution in [3.05, 3.63) is 11.6 Å². The molecule has 4 fully saturated rings. The zero-order chi connectivity index (χ0) is 82.7. The van der Waals surface area contributed by atoms with Gasteiger partial charge in [-0.2, -0.15) is 0 Å². The van der Waals surface area contributed by atoms with Crippen molar-refractivity contribution in [1.82, 2.24) is 0 Å². The Kier molecular flexibility index (Phi) is 53.4. The molecule has 109 heavy (non-hydrogen) atoms. The van der Waals surface area contributed by atoms with Crippen molar-refractivity contribution < 1.29 is 208 Å². The maximum Gasteiger partial charge on any atom is 1.00 e. The average molecular weight is 1600 g/mol. The van der Waals surface area contributed by atoms with Crippen molar-refractivity contribution in [3.63, 3.8) is 0 Å². The number of esters is 13. The van der Waals surface area contributed by atoms with Crippen LogP contribution in [0, 0.1) is 11.8 Å². The Morgan fingerprint density at radius 2 is 0.697 bits per heavy atom. The molecule has 4 aliphatic heterocycles. The molecular formula is C70H114NaO37P. The number of hydrogen-bond donors (Lipinski definition) is 3. The van der Waals surface area contributed by atoms with E-state index in [0.717, 1.165) is 0 Å². The predicted octanol–water partition coefficient (Wildman–Crippen LogP) is 0.778. The normalized spacial score (nSPS) is 25.3. The molecule has 3 N–H and O–H groups in total. The van der Waals surface area contributed by atoms with Crippen molar-refractivity contribution in [2.45, 2.75) is 268 Å². The van der Waals surface area contributed by atoms with Crippen LogP contribution in [0.5, 0.6) is 0 Å². The number of aliphatic hydroxyl groups is 3. The molecule has 0 saturated carbocycles. The Labute approximate surface area is 658 Å². The molecule has 18 atom stereocenters. The van der Waals surface area contributed by atoms with Crippen LogP contribution in [0.15, 0.2) is 11.6 Å². The molecule has 622 valence electrons. The van der Waals surface area contributed by atoms with Gasteiger partial charge in [0, 0.05) is 87.7 Å². The summed E-state index contributed by atoms with van der Waals surface area (Å²) in [7, 11) is -3.28. The molecule has 4 rings (SSSR count). The van der Waals surface area contributed by atoms with Gasteiger partial charge in [-0.05, 0) is 86.5 Å². The summed E-state index contributed by atoms with van der Waals surface area (Å²) in [6, 6.07) is 0. The Bertz CT molecular complexity index is 2920. The maximum atomic E-state index is 11.8. The number of ketones is 1. The summed E-state index contributed by atoms with van der Waals surface area (Å²) in [5, 5.41) is 28.6. The van der Waals surface area contributed by atoms with Gasteiger partial charge in [0.1, 0.15) is 42.5 Å². The first-order chi connectivity index (χ1) is 50.5. The van der Waals surface area contributed by atoms with Crippen LogP contribution in [0.1, 0.15) is 172 Å². The van der Waals surface area contributed by atoms with Gasteiger partial charge in [-0.1, -0.05) is 19.4 Å². The van der Waals surface area contributed by atoms with Gasteiger partial charge in [-0.25, -0.2) is 4.79 Å². The number of carbonyl (C=O) groups is 14. The van der Waals surface area contributed by atoms with Crippen molar-refractivity contribution in [2.75, 3.05) is 72.2 Å². The summed E-state index contributed by atoms with van der Waals surface area (Å²) in [6.45, 7) is 29.3. The van der Waals surface area contributed by atoms with E-state index in [9.17, 15) is 87.0 Å². The van der Waals surface area contributed by atoms with Gasteiger partial charge in [0.25, 0.3) is 0 Å². The van der Waals surface area contributed by atoms with E-state index in [0.29, 0.717) is 31.6 Å². The number of hydrogen-bond acceptors (Lipinski definition) is 37. The van der Waals surface area contributed by atoms with Gasteiger partial charge < -0.3 is 106 Å². The average Bonchev–Trinajstić information content (AvgIpc) is 0.820. The molecule has 0 aromatic heterocycles. The Morgan fingerprint density at radius 3 is 1.03 bits per heavy atom. The summed E-state index contributed by atoms with van der Waals surface area (Å²) >= 11 is 0. The third-order valence-electron chi connectivity index (χ3n) is 14.8. The first-order valence-electron chi connectivity index (χ1n) is 35.2. The fourth-order valence-electron chi connectivity index (χ4n) is 11.0. The SMILES string of the molecule is CC(=O)C[C@@H]1OC[C@@H](OC(C)=O)[C@H](OC(C)=O)[C@H]1OC(C)=O.CCOC(=O)C=C(C)C[C@@H]1OC[C@@H](OC(C)=O)[C@H](OC(C)=O)[C@H]1OC(C)=O.CCOC(=O)CC(C)C[C@@H]1OC[C@@H](O)[C@H](O)[C@H]1O.CCOC(=O)CC(C)C[C@@H]1OC[C@@H](OC(C)=O)[C@H](OC(C)=O)[C@H]1OC(C)=O.CCOC(=O)CP(=O)(OCC)OCC.[H-].[Na+]. The van der Waals surface area contributed by atoms with Crippen molar-refractivity contribution >= 4 is 91.0 Å². The van der Waals surface area contributed by atoms with Gasteiger partial charge in [0.2, 0.25) is 0 Å². The maximum absolute atomic E-state index is 11.8. The molecule has 37 nitrogen and oxygen atoms in total. The first kappa shape index (κ1) is 104. The van der Waals surface area contributed by atoms with E-state index in [1.165, 1.54) is 75.3 Å². The monoisotopic (exact) mass is 1600 g/mol. The number of rotatable bonds is 32. The van der Waals surface area contributed by atoms with Crippen molar-refractivity contribution in [2.24, 2.45) is 11.8 Å². The zero-order valence-corrected chi connectivity index (χ0v) is 69.1. The van der Waals surface area contributed by atoms with Crippen LogP contribution in [-0.4, -0.2) is 269 Å². The van der Waals surface area contributed by atoms with Crippen molar-refractivity contribution in [3.8, 4) is 0 Å². The Hall–Kier alpha value is -6.61. The molecule has 0 amide bonds. The molecule has 0 spiro atoms. The molecule has 0 radical (unpaired) electrons. The summed E-state index contributed by atoms with van der Waals surface area (Å²) < 4.78 is 110. The third-order valence-corrected chi connectivity index (χ3v) is 16.8. The quantitative estimate of drug-likeness (QED) is 0.0275. The molecule has 4 aliphatic rings. The molecule has 2 unspecified atom stereocenters. The number of aliphatic hydroxyl groups excluding tert-OH is 3. The molecule has 0 aromatic carbocycles. The second-order valence-corrected chi connectivity index (χ2v) is 26.9. The minimum absolute atomic E-state index is 0. The van der Waals surface area contributed by atoms with E-state index in [1.807, 2.05) is 13.8 Å². The molecule has 39 heteroatoms. The fourth-order valence-corrected chi connectivity index (χ4v) is 12.4. The smallest absolute Gasteiger partial charge is 1.00 e. The summed E-state index contributed by atoms with van der Waals surface area (Å²) in [4.78, 5) is 159. The van der Waals surface area contributed by atoms with Gasteiger partial charge in [0.05, 0.1) is 78.3 Å². The standard InChI is InChI=1S/C18H28O9.C18H26O9.C14H20O8.C12H22O6.C8H17O5P.Na.H/c2*1-6-23-16(22)8-10(2)7-14-17(26-12(4)20)18(27-13(5)21)15(9-24-14)25-11(3)19;1-7(15)5-11-13(21-9(3)17)14(22-10(4)18)12(6-19-11)20-8(2)16;1-3-17-10(14)5-7(2)4-9-12(16)11(15)8(13)6-18-9;1-4-11-8(9)7-14(10,12-5-2)13-6-3;;/h10,14-15,17-18H,6-9H2,1-5H3;8,14-15,17-18H,6-7,9H2,1-5H3;11-14H,5-6H2,1-4H3;7-9,11-13,15-16H,3-6H2,1-2H3;4-7H2,1-3H3;;/q;;;;;+1;-1/t10?,14-,15+,17-,18-;14-,15+,17-,18-;11-,12+,13-,14-;7?,8-,9+,11+,12+;;;/m0001.../s1. The second-order valence-electron chi connectivity index (χ2n) is 24.9. The molecule has 4 saturated heterocycles. The van der Waals surface area contributed by atoms with E-state index in [1.54, 1.807) is 48.5 Å². The topological polar surface area (TPSA) is 492 Å². The number of carbonyl (C=O) groups excluding carboxylic acids is 14. The van der Waals surface area contributed by atoms with Gasteiger partial charge >= 0.3 is 115 Å². The summed E-state index contributed by atoms with van der Waals surface area (Å²) in [6.07, 6.45) is -12.4. The van der Waals surface area contributed by atoms with E-state index in [4.69, 9.17) is 84.8 Å². The van der Waals surface area contributed by atoms with Crippen LogP contribution >= 0.6 is 7.60 Å². The van der Waals surface area contributed by atoms with Gasteiger partial charge in [0.15, 0.2) is 54.9 Å². The van der Waals surface area contributed by atoms with Crippen LogP contribution in [-0.2, 0) is 161 Å². The molecule has 0 aliphatic carbocycles. The molecular weight excluding hydrogens is 1490 g/mol. The summed E-state index contributed by atoms with van der Waals surface area (Å²) in [5.41, 5.74) is 0.628. The first-order valence-corrected chi connectivity index (χ1v) is 37.0. The zero-order valence-electron chi connectivity index (χ0n) is 67.2. The van der Waals surface area contributed by atoms with E-state index >= 15 is 0 Å². The fraction of sp³-hybridized carbons (Fsp3) is 0.771. The van der Waals surface area contributed by atoms with Crippen LogP contribution in [0.4, 0.5) is 0 Å². The Balaban J connectivity index is -0.00000132. The third kappa shape index (κ3) is 44.3. The number of Topliss-reactive ketones (excluding diaryl/α,β-unsaturated/α-hetero) is 1. The second kappa shape index (κ2) is 55.7. The largest absolute Gasteiger partial charge is 1.00 e. The van der Waals surface area contributed by atoms with Gasteiger partial charge in [-0.15, -0.1) is 0 Å². The predicted molar refractivity (Wildman–Crippen MR) is 371 cm³/mol. The van der Waals surface area contributed by atoms with E-state index < -0.39 is 171 Å².